The molecule has 0 atom stereocenters. The molecule has 0 fully saturated rings. The predicted octanol–water partition coefficient (Wildman–Crippen LogP) is 4.39. The molecular formula is C22H13Cl2N5O3. The summed E-state index contributed by atoms with van der Waals surface area (Å²) in [5.74, 6) is 0.652. The van der Waals surface area contributed by atoms with Gasteiger partial charge in [0.15, 0.2) is 5.75 Å². The van der Waals surface area contributed by atoms with E-state index in [1.54, 1.807) is 18.2 Å². The number of nitrogens with zero attached hydrogens (tertiary/aromatic N) is 4. The lowest BCUT2D eigenvalue weighted by Crippen LogP contribution is -2.33. The van der Waals surface area contributed by atoms with Crippen molar-refractivity contribution in [1.29, 1.82) is 5.26 Å². The molecule has 2 heterocycles. The number of aryl methyl sites for hydroxylation is 1. The van der Waals surface area contributed by atoms with Gasteiger partial charge in [-0.05, 0) is 55.0 Å². The number of halogens is 2. The van der Waals surface area contributed by atoms with Crippen LogP contribution in [0.4, 0.5) is 0 Å². The number of aromatic amines is 1. The summed E-state index contributed by atoms with van der Waals surface area (Å²) < 4.78 is 6.74. The number of hydrogen-bond donors (Lipinski definition) is 1. The second kappa shape index (κ2) is 8.30. The molecule has 1 N–H and O–H groups in total. The van der Waals surface area contributed by atoms with Crippen molar-refractivity contribution in [3.05, 3.63) is 90.8 Å². The molecule has 0 aliphatic carbocycles. The molecule has 0 amide bonds. The van der Waals surface area contributed by atoms with E-state index >= 15 is 0 Å². The molecule has 10 heteroatoms. The summed E-state index contributed by atoms with van der Waals surface area (Å²) in [6.45, 7) is 5.70. The molecule has 4 aromatic rings. The monoisotopic (exact) mass is 465 g/mol. The molecule has 0 saturated carbocycles. The molecule has 32 heavy (non-hydrogen) atoms. The lowest BCUT2D eigenvalue weighted by atomic mass is 10.1. The van der Waals surface area contributed by atoms with E-state index in [1.807, 2.05) is 30.1 Å². The van der Waals surface area contributed by atoms with Gasteiger partial charge < -0.3 is 4.74 Å². The number of H-pyrrole nitrogens is 1. The van der Waals surface area contributed by atoms with Gasteiger partial charge in [0, 0.05) is 5.39 Å². The van der Waals surface area contributed by atoms with Crippen molar-refractivity contribution < 1.29 is 4.74 Å². The van der Waals surface area contributed by atoms with Crippen molar-refractivity contribution in [3.63, 3.8) is 0 Å². The summed E-state index contributed by atoms with van der Waals surface area (Å²) in [6, 6.07) is 11.7. The number of fused-ring (bicyclic) bond motifs is 1. The zero-order valence-corrected chi connectivity index (χ0v) is 18.0. The quantitative estimate of drug-likeness (QED) is 0.477. The third-order valence-corrected chi connectivity index (χ3v) is 5.16. The number of nitrogens with one attached hydrogen (secondary N) is 1. The molecule has 0 radical (unpaired) electrons. The maximum atomic E-state index is 12.1. The Kier molecular flexibility index (Phi) is 5.53. The van der Waals surface area contributed by atoms with E-state index in [0.29, 0.717) is 5.75 Å². The van der Waals surface area contributed by atoms with Crippen molar-refractivity contribution in [2.45, 2.75) is 6.92 Å². The minimum absolute atomic E-state index is 0.0999. The fourth-order valence-corrected chi connectivity index (χ4v) is 3.65. The Morgan fingerprint density at radius 3 is 2.56 bits per heavy atom. The average Bonchev–Trinajstić information content (AvgIpc) is 2.76. The molecule has 2 aromatic heterocycles. The van der Waals surface area contributed by atoms with Crippen LogP contribution in [0, 0.1) is 18.3 Å². The van der Waals surface area contributed by atoms with Crippen LogP contribution in [0.15, 0.2) is 52.6 Å². The summed E-state index contributed by atoms with van der Waals surface area (Å²) in [5.41, 5.74) is 0.517. The number of nitriles is 1. The van der Waals surface area contributed by atoms with Crippen LogP contribution in [0.5, 0.6) is 11.5 Å². The Balaban J connectivity index is 1.75. The van der Waals surface area contributed by atoms with Gasteiger partial charge in [-0.3, -0.25) is 9.78 Å². The summed E-state index contributed by atoms with van der Waals surface area (Å²) in [5, 5.41) is 13.8. The summed E-state index contributed by atoms with van der Waals surface area (Å²) in [7, 11) is 0. The van der Waals surface area contributed by atoms with Crippen LogP contribution in [0.2, 0.25) is 10.0 Å². The number of ether oxygens (including phenoxy) is 1. The van der Waals surface area contributed by atoms with Gasteiger partial charge in [0.25, 0.3) is 5.56 Å². The minimum atomic E-state index is -0.882. The highest BCUT2D eigenvalue weighted by atomic mass is 35.5. The molecule has 0 aliphatic heterocycles. The molecule has 2 aromatic carbocycles. The highest BCUT2D eigenvalue weighted by Crippen LogP contribution is 2.38. The Bertz CT molecular complexity index is 1540. The lowest BCUT2D eigenvalue weighted by molar-refractivity contribution is 0.483. The molecule has 0 bridgehead atoms. The average molecular weight is 466 g/mol. The number of benzene rings is 2. The summed E-state index contributed by atoms with van der Waals surface area (Å²) in [4.78, 5) is 30.2. The normalized spacial score (nSPS) is 10.7. The Labute approximate surface area is 190 Å². The molecule has 158 valence electrons. The first kappa shape index (κ1) is 21.3. The zero-order valence-electron chi connectivity index (χ0n) is 16.5. The Morgan fingerprint density at radius 2 is 1.91 bits per heavy atom. The fraction of sp³-hybridized carbons (Fsp3) is 0.0455. The van der Waals surface area contributed by atoms with Crippen LogP contribution < -0.4 is 16.0 Å². The van der Waals surface area contributed by atoms with Crippen LogP contribution >= 0.6 is 23.2 Å². The maximum Gasteiger partial charge on any atom is 0.349 e. The molecule has 0 spiro atoms. The van der Waals surface area contributed by atoms with Crippen LogP contribution in [0.1, 0.15) is 17.0 Å². The van der Waals surface area contributed by atoms with E-state index in [2.05, 4.69) is 16.7 Å². The summed E-state index contributed by atoms with van der Waals surface area (Å²) in [6.07, 6.45) is 1.68. The van der Waals surface area contributed by atoms with E-state index in [9.17, 15) is 9.59 Å². The molecular weight excluding hydrogens is 453 g/mol. The second-order valence-corrected chi connectivity index (χ2v) is 7.53. The first-order valence-corrected chi connectivity index (χ1v) is 9.91. The van der Waals surface area contributed by atoms with E-state index < -0.39 is 16.9 Å². The predicted molar refractivity (Wildman–Crippen MR) is 122 cm³/mol. The van der Waals surface area contributed by atoms with Crippen LogP contribution in [0.3, 0.4) is 0 Å². The maximum absolute atomic E-state index is 12.1. The van der Waals surface area contributed by atoms with E-state index in [0.717, 1.165) is 26.8 Å². The van der Waals surface area contributed by atoms with Crippen molar-refractivity contribution in [2.75, 3.05) is 0 Å². The van der Waals surface area contributed by atoms with Gasteiger partial charge in [-0.25, -0.2) is 9.78 Å². The first-order chi connectivity index (χ1) is 15.3. The van der Waals surface area contributed by atoms with Crippen LogP contribution in [0.25, 0.3) is 22.7 Å². The molecule has 0 aliphatic rings. The molecule has 0 saturated heterocycles. The Hall–Kier alpha value is -3.93. The number of rotatable bonds is 4. The fourth-order valence-electron chi connectivity index (χ4n) is 3.10. The smallest absolute Gasteiger partial charge is 0.349 e. The second-order valence-electron chi connectivity index (χ2n) is 6.72. The van der Waals surface area contributed by atoms with Gasteiger partial charge in [0.05, 0.1) is 26.9 Å². The topological polar surface area (TPSA) is 114 Å². The zero-order chi connectivity index (χ0) is 23.0. The standard InChI is InChI=1S/C22H13Cl2N5O3/c1-3-12-6-11(2)15-9-14(4-5-18(15)26-12)32-20-16(23)7-13(8-17(20)24)29-22(31)27-21(30)19(10-25)28-29/h3-9H,1H2,2H3,(H,27,30,31). The summed E-state index contributed by atoms with van der Waals surface area (Å²) >= 11 is 12.7. The van der Waals surface area contributed by atoms with Gasteiger partial charge in [-0.2, -0.15) is 9.94 Å². The van der Waals surface area contributed by atoms with Crippen molar-refractivity contribution in [2.24, 2.45) is 0 Å². The van der Waals surface area contributed by atoms with Crippen molar-refractivity contribution in [1.82, 2.24) is 19.7 Å². The number of pyridine rings is 1. The first-order valence-electron chi connectivity index (χ1n) is 9.15. The molecule has 8 nitrogen and oxygen atoms in total. The van der Waals surface area contributed by atoms with Gasteiger partial charge in [0.1, 0.15) is 11.8 Å². The SMILES string of the molecule is C=Cc1cc(C)c2cc(Oc3c(Cl)cc(-n4nc(C#N)c(=O)[nH]c4=O)cc3Cl)ccc2n1. The van der Waals surface area contributed by atoms with Gasteiger partial charge >= 0.3 is 5.69 Å². The third-order valence-electron chi connectivity index (χ3n) is 4.60. The number of aromatic nitrogens is 4. The van der Waals surface area contributed by atoms with Crippen molar-refractivity contribution >= 4 is 40.2 Å². The van der Waals surface area contributed by atoms with Gasteiger partial charge in [0.2, 0.25) is 5.69 Å². The molecule has 4 rings (SSSR count). The van der Waals surface area contributed by atoms with Crippen molar-refractivity contribution in [3.8, 4) is 23.3 Å². The highest BCUT2D eigenvalue weighted by Gasteiger charge is 2.15. The highest BCUT2D eigenvalue weighted by molar-refractivity contribution is 6.37. The van der Waals surface area contributed by atoms with Gasteiger partial charge in [-0.1, -0.05) is 29.8 Å². The molecule has 0 unspecified atom stereocenters. The minimum Gasteiger partial charge on any atom is -0.454 e. The van der Waals surface area contributed by atoms with Crippen LogP contribution in [-0.4, -0.2) is 19.7 Å². The third kappa shape index (κ3) is 3.87. The lowest BCUT2D eigenvalue weighted by Gasteiger charge is -2.13. The van der Waals surface area contributed by atoms with Crippen LogP contribution in [-0.2, 0) is 0 Å². The number of hydrogen-bond acceptors (Lipinski definition) is 6. The largest absolute Gasteiger partial charge is 0.454 e. The van der Waals surface area contributed by atoms with Gasteiger partial charge in [-0.15, -0.1) is 5.10 Å². The van der Waals surface area contributed by atoms with E-state index in [4.69, 9.17) is 33.2 Å². The Morgan fingerprint density at radius 1 is 1.19 bits per heavy atom. The van der Waals surface area contributed by atoms with E-state index in [-0.39, 0.29) is 21.5 Å². The van der Waals surface area contributed by atoms with E-state index in [1.165, 1.54) is 12.1 Å².